The van der Waals surface area contributed by atoms with E-state index in [-0.39, 0.29) is 23.8 Å². The number of ether oxygens (including phenoxy) is 2. The summed E-state index contributed by atoms with van der Waals surface area (Å²) in [5.74, 6) is -0.352. The fraction of sp³-hybridized carbons (Fsp3) is 0.750. The van der Waals surface area contributed by atoms with E-state index in [4.69, 9.17) is 9.47 Å². The number of carbonyl (C=O) groups is 3. The first kappa shape index (κ1) is 22.2. The summed E-state index contributed by atoms with van der Waals surface area (Å²) < 4.78 is 10.5. The summed E-state index contributed by atoms with van der Waals surface area (Å²) in [5, 5.41) is 5.54. The summed E-state index contributed by atoms with van der Waals surface area (Å²) in [6.45, 7) is 10.9. The van der Waals surface area contributed by atoms with E-state index >= 15 is 0 Å². The van der Waals surface area contributed by atoms with Gasteiger partial charge in [-0.3, -0.25) is 14.4 Å². The molecule has 2 aliphatic heterocycles. The van der Waals surface area contributed by atoms with E-state index in [0.29, 0.717) is 18.8 Å². The van der Waals surface area contributed by atoms with Crippen LogP contribution in [0.4, 0.5) is 0 Å². The summed E-state index contributed by atoms with van der Waals surface area (Å²) in [7, 11) is 1.55. The fourth-order valence-electron chi connectivity index (χ4n) is 3.46. The molecule has 2 heterocycles. The smallest absolute Gasteiger partial charge is 0.253 e. The Labute approximate surface area is 167 Å². The molecule has 2 N–H and O–H groups in total. The van der Waals surface area contributed by atoms with Crippen molar-refractivity contribution in [2.75, 3.05) is 20.2 Å². The first-order valence-electron chi connectivity index (χ1n) is 10.1. The van der Waals surface area contributed by atoms with Crippen molar-refractivity contribution in [2.45, 2.75) is 70.7 Å². The van der Waals surface area contributed by atoms with Crippen LogP contribution in [0.15, 0.2) is 12.3 Å². The normalized spacial score (nSPS) is 25.6. The highest BCUT2D eigenvalue weighted by atomic mass is 16.6. The number of rotatable bonds is 10. The number of nitrogens with zero attached hydrogens (tertiary/aromatic N) is 1. The minimum atomic E-state index is -0.834. The van der Waals surface area contributed by atoms with Crippen molar-refractivity contribution >= 4 is 17.7 Å². The maximum absolute atomic E-state index is 13.2. The highest BCUT2D eigenvalue weighted by Crippen LogP contribution is 2.27. The predicted molar refractivity (Wildman–Crippen MR) is 104 cm³/mol. The molecule has 8 heteroatoms. The van der Waals surface area contributed by atoms with Crippen LogP contribution >= 0.6 is 0 Å². The van der Waals surface area contributed by atoms with E-state index in [1.54, 1.807) is 12.0 Å². The third kappa shape index (κ3) is 5.04. The van der Waals surface area contributed by atoms with E-state index < -0.39 is 24.2 Å². The Bertz CT molecular complexity index is 609. The molecule has 158 valence electrons. The second-order valence-corrected chi connectivity index (χ2v) is 7.50. The van der Waals surface area contributed by atoms with Crippen LogP contribution in [0.2, 0.25) is 0 Å². The molecule has 0 radical (unpaired) electrons. The van der Waals surface area contributed by atoms with Crippen molar-refractivity contribution in [3.63, 3.8) is 0 Å². The second-order valence-electron chi connectivity index (χ2n) is 7.50. The Morgan fingerprint density at radius 3 is 2.54 bits per heavy atom. The van der Waals surface area contributed by atoms with Crippen LogP contribution in [0.25, 0.3) is 0 Å². The molecule has 0 bridgehead atoms. The van der Waals surface area contributed by atoms with Gasteiger partial charge in [-0.2, -0.15) is 0 Å². The van der Waals surface area contributed by atoms with Gasteiger partial charge in [0.1, 0.15) is 11.8 Å². The van der Waals surface area contributed by atoms with Crippen LogP contribution in [0, 0.1) is 5.92 Å². The van der Waals surface area contributed by atoms with Gasteiger partial charge in [-0.1, -0.05) is 33.8 Å². The van der Waals surface area contributed by atoms with Crippen LogP contribution in [-0.4, -0.2) is 67.1 Å². The van der Waals surface area contributed by atoms with E-state index in [1.807, 2.05) is 20.8 Å². The monoisotopic (exact) mass is 395 g/mol. The molecule has 2 fully saturated rings. The van der Waals surface area contributed by atoms with Gasteiger partial charge in [-0.05, 0) is 25.2 Å². The van der Waals surface area contributed by atoms with Crippen LogP contribution in [0.5, 0.6) is 0 Å². The molecule has 5 unspecified atom stereocenters. The molecule has 0 aromatic carbocycles. The molecule has 0 aromatic heterocycles. The molecule has 0 aromatic rings. The Morgan fingerprint density at radius 2 is 1.93 bits per heavy atom. The summed E-state index contributed by atoms with van der Waals surface area (Å²) in [6, 6.07) is -0.850. The number of likely N-dealkylation sites (tertiary alicyclic amines) is 1. The molecular weight excluding hydrogens is 362 g/mol. The Hall–Kier alpha value is -2.09. The van der Waals surface area contributed by atoms with E-state index in [1.165, 1.54) is 0 Å². The number of epoxide rings is 1. The van der Waals surface area contributed by atoms with Crippen molar-refractivity contribution in [2.24, 2.45) is 5.92 Å². The zero-order chi connectivity index (χ0) is 20.8. The number of nitrogens with one attached hydrogen (secondary N) is 2. The van der Waals surface area contributed by atoms with Crippen molar-refractivity contribution < 1.29 is 23.9 Å². The molecule has 2 saturated heterocycles. The number of hydrogen-bond acceptors (Lipinski definition) is 5. The standard InChI is InChI=1S/C20H33N3O5/c1-6-10-21-18(24)16-17(28-16)19(25)22-15(12(3)7-2)20(26)23-11-8-9-14(23)13(4)27-5/h12,14-17H,4,6-11H2,1-3,5H3,(H,21,24)(H,22,25). The van der Waals surface area contributed by atoms with Gasteiger partial charge in [0, 0.05) is 13.1 Å². The van der Waals surface area contributed by atoms with Crippen LogP contribution < -0.4 is 10.6 Å². The molecule has 0 saturated carbocycles. The quantitative estimate of drug-likeness (QED) is 0.424. The maximum atomic E-state index is 13.2. The SMILES string of the molecule is C=C(OC)C1CCCN1C(=O)C(NC(=O)C1OC1C(=O)NCCC)C(C)CC. The molecule has 0 spiro atoms. The largest absolute Gasteiger partial charge is 0.500 e. The molecule has 28 heavy (non-hydrogen) atoms. The molecule has 2 rings (SSSR count). The minimum absolute atomic E-state index is 0.0559. The summed E-state index contributed by atoms with van der Waals surface area (Å²) in [6.07, 6.45) is 1.60. The first-order valence-corrected chi connectivity index (χ1v) is 10.1. The molecule has 2 aliphatic rings. The molecule has 8 nitrogen and oxygen atoms in total. The number of hydrogen-bond donors (Lipinski definition) is 2. The fourth-order valence-corrected chi connectivity index (χ4v) is 3.46. The van der Waals surface area contributed by atoms with Crippen molar-refractivity contribution in [3.05, 3.63) is 12.3 Å². The highest BCUT2D eigenvalue weighted by Gasteiger charge is 2.51. The Balaban J connectivity index is 2.02. The summed E-state index contributed by atoms with van der Waals surface area (Å²) in [5.41, 5.74) is 0. The maximum Gasteiger partial charge on any atom is 0.253 e. The predicted octanol–water partition coefficient (Wildman–Crippen LogP) is 0.962. The number of carbonyl (C=O) groups excluding carboxylic acids is 3. The van der Waals surface area contributed by atoms with E-state index in [0.717, 1.165) is 25.7 Å². The lowest BCUT2D eigenvalue weighted by molar-refractivity contribution is -0.138. The van der Waals surface area contributed by atoms with Gasteiger partial charge in [-0.15, -0.1) is 0 Å². The third-order valence-electron chi connectivity index (χ3n) is 5.50. The van der Waals surface area contributed by atoms with Gasteiger partial charge in [-0.25, -0.2) is 0 Å². The van der Waals surface area contributed by atoms with E-state index in [9.17, 15) is 14.4 Å². The van der Waals surface area contributed by atoms with Gasteiger partial charge >= 0.3 is 0 Å². The van der Waals surface area contributed by atoms with Crippen LogP contribution in [0.1, 0.15) is 46.5 Å². The Morgan fingerprint density at radius 1 is 1.25 bits per heavy atom. The lowest BCUT2D eigenvalue weighted by Crippen LogP contribution is -2.54. The van der Waals surface area contributed by atoms with Crippen molar-refractivity contribution in [1.29, 1.82) is 0 Å². The average molecular weight is 396 g/mol. The zero-order valence-corrected chi connectivity index (χ0v) is 17.3. The van der Waals surface area contributed by atoms with Gasteiger partial charge in [0.15, 0.2) is 12.2 Å². The first-order chi connectivity index (χ1) is 13.3. The van der Waals surface area contributed by atoms with Crippen LogP contribution in [0.3, 0.4) is 0 Å². The second kappa shape index (κ2) is 9.91. The van der Waals surface area contributed by atoms with E-state index in [2.05, 4.69) is 17.2 Å². The zero-order valence-electron chi connectivity index (χ0n) is 17.3. The molecular formula is C20H33N3O5. The third-order valence-corrected chi connectivity index (χ3v) is 5.50. The van der Waals surface area contributed by atoms with Crippen molar-refractivity contribution in [3.8, 4) is 0 Å². The number of amides is 3. The Kier molecular flexibility index (Phi) is 7.86. The minimum Gasteiger partial charge on any atom is -0.500 e. The number of methoxy groups -OCH3 is 1. The van der Waals surface area contributed by atoms with Gasteiger partial charge in [0.05, 0.1) is 13.2 Å². The lowest BCUT2D eigenvalue weighted by atomic mass is 9.97. The van der Waals surface area contributed by atoms with Gasteiger partial charge in [0.2, 0.25) is 5.91 Å². The van der Waals surface area contributed by atoms with Gasteiger partial charge in [0.25, 0.3) is 11.8 Å². The van der Waals surface area contributed by atoms with Crippen molar-refractivity contribution in [1.82, 2.24) is 15.5 Å². The topological polar surface area (TPSA) is 100 Å². The molecule has 0 aliphatic carbocycles. The lowest BCUT2D eigenvalue weighted by Gasteiger charge is -2.32. The molecule has 5 atom stereocenters. The summed E-state index contributed by atoms with van der Waals surface area (Å²) >= 11 is 0. The average Bonchev–Trinajstić information content (AvgIpc) is 3.36. The van der Waals surface area contributed by atoms with Crippen LogP contribution in [-0.2, 0) is 23.9 Å². The molecule has 3 amide bonds. The summed E-state index contributed by atoms with van der Waals surface area (Å²) in [4.78, 5) is 39.5. The highest BCUT2D eigenvalue weighted by molar-refractivity contribution is 5.97. The van der Waals surface area contributed by atoms with Gasteiger partial charge < -0.3 is 25.0 Å².